The van der Waals surface area contributed by atoms with Crippen molar-refractivity contribution in [3.8, 4) is 5.75 Å². The average molecular weight is 460 g/mol. The van der Waals surface area contributed by atoms with E-state index in [2.05, 4.69) is 20.9 Å². The van der Waals surface area contributed by atoms with Crippen LogP contribution in [-0.4, -0.2) is 63.2 Å². The summed E-state index contributed by atoms with van der Waals surface area (Å²) in [6.07, 6.45) is 6.91. The molecule has 1 aromatic heterocycles. The van der Waals surface area contributed by atoms with Crippen LogP contribution < -0.4 is 15.4 Å². The van der Waals surface area contributed by atoms with Crippen molar-refractivity contribution in [2.75, 3.05) is 19.0 Å². The molecular formula is C23H33N5O5. The minimum absolute atomic E-state index is 0.0558. The van der Waals surface area contributed by atoms with Crippen molar-refractivity contribution in [1.82, 2.24) is 20.3 Å². The van der Waals surface area contributed by atoms with Crippen LogP contribution in [0.4, 0.5) is 10.5 Å². The number of nitrogens with one attached hydrogen (secondary N) is 2. The maximum absolute atomic E-state index is 12.5. The van der Waals surface area contributed by atoms with Crippen molar-refractivity contribution in [3.63, 3.8) is 0 Å². The Hall–Kier alpha value is -2.69. The molecule has 10 nitrogen and oxygen atoms in total. The topological polar surface area (TPSA) is 131 Å². The van der Waals surface area contributed by atoms with E-state index >= 15 is 0 Å². The number of hydrogen-bond donors (Lipinski definition) is 4. The zero-order valence-corrected chi connectivity index (χ0v) is 18.9. The number of aryl methyl sites for hydroxylation is 1. The van der Waals surface area contributed by atoms with Crippen LogP contribution in [-0.2, 0) is 16.9 Å². The summed E-state index contributed by atoms with van der Waals surface area (Å²) in [5, 5.41) is 34.5. The highest BCUT2D eigenvalue weighted by Gasteiger charge is 2.36. The number of aromatic nitrogens is 3. The van der Waals surface area contributed by atoms with Gasteiger partial charge in [-0.05, 0) is 44.2 Å². The molecule has 180 valence electrons. The van der Waals surface area contributed by atoms with Crippen LogP contribution in [0.3, 0.4) is 0 Å². The molecule has 3 atom stereocenters. The quantitative estimate of drug-likeness (QED) is 0.476. The van der Waals surface area contributed by atoms with Crippen molar-refractivity contribution < 1.29 is 24.5 Å². The van der Waals surface area contributed by atoms with E-state index in [0.717, 1.165) is 32.1 Å². The fourth-order valence-electron chi connectivity index (χ4n) is 4.70. The number of anilines is 1. The zero-order valence-electron chi connectivity index (χ0n) is 18.9. The highest BCUT2D eigenvalue weighted by molar-refractivity contribution is 5.91. The minimum atomic E-state index is -0.842. The van der Waals surface area contributed by atoms with Gasteiger partial charge in [0.15, 0.2) is 0 Å². The maximum Gasteiger partial charge on any atom is 0.319 e. The van der Waals surface area contributed by atoms with E-state index in [1.807, 2.05) is 18.3 Å². The molecule has 0 radical (unpaired) electrons. The minimum Gasteiger partial charge on any atom is -0.495 e. The van der Waals surface area contributed by atoms with Crippen molar-refractivity contribution in [2.45, 2.75) is 75.3 Å². The molecule has 2 heterocycles. The highest BCUT2D eigenvalue weighted by Crippen LogP contribution is 2.37. The number of nitrogens with zero attached hydrogens (tertiary/aromatic N) is 3. The number of para-hydroxylation sites is 2. The summed E-state index contributed by atoms with van der Waals surface area (Å²) in [5.74, 6) is 0.572. The van der Waals surface area contributed by atoms with E-state index in [1.54, 1.807) is 23.9 Å². The number of carbonyl (C=O) groups is 1. The SMILES string of the molecule is COc1ccccc1NC(=O)N[C@@H]1CC[C@@H](CCn2cc(C3(O)CCCC3)nn2)O[C@@H]1CO. The molecule has 1 aromatic carbocycles. The predicted octanol–water partition coefficient (Wildman–Crippen LogP) is 2.17. The molecule has 2 aliphatic rings. The molecule has 2 aromatic rings. The first-order chi connectivity index (χ1) is 16.0. The number of ether oxygens (including phenoxy) is 2. The van der Waals surface area contributed by atoms with Gasteiger partial charge in [0.2, 0.25) is 0 Å². The molecule has 4 rings (SSSR count). The Morgan fingerprint density at radius 2 is 2.09 bits per heavy atom. The predicted molar refractivity (Wildman–Crippen MR) is 121 cm³/mol. The van der Waals surface area contributed by atoms with E-state index in [-0.39, 0.29) is 24.8 Å². The van der Waals surface area contributed by atoms with E-state index in [0.29, 0.717) is 36.5 Å². The highest BCUT2D eigenvalue weighted by atomic mass is 16.5. The molecule has 0 unspecified atom stereocenters. The van der Waals surface area contributed by atoms with Gasteiger partial charge in [0, 0.05) is 6.54 Å². The van der Waals surface area contributed by atoms with Gasteiger partial charge in [0.05, 0.1) is 37.7 Å². The third kappa shape index (κ3) is 5.63. The summed E-state index contributed by atoms with van der Waals surface area (Å²) in [7, 11) is 1.55. The van der Waals surface area contributed by atoms with Crippen molar-refractivity contribution in [1.29, 1.82) is 0 Å². The summed E-state index contributed by atoms with van der Waals surface area (Å²) >= 11 is 0. The lowest BCUT2D eigenvalue weighted by Crippen LogP contribution is -2.52. The molecule has 0 spiro atoms. The molecule has 1 aliphatic carbocycles. The maximum atomic E-state index is 12.5. The molecule has 1 saturated carbocycles. The van der Waals surface area contributed by atoms with Gasteiger partial charge in [-0.2, -0.15) is 0 Å². The molecule has 33 heavy (non-hydrogen) atoms. The average Bonchev–Trinajstić information content (AvgIpc) is 3.49. The van der Waals surface area contributed by atoms with Crippen molar-refractivity contribution >= 4 is 11.7 Å². The summed E-state index contributed by atoms with van der Waals surface area (Å²) in [6.45, 7) is 0.425. The number of amides is 2. The van der Waals surface area contributed by atoms with Crippen LogP contribution in [0.15, 0.2) is 30.5 Å². The Kier molecular flexibility index (Phi) is 7.46. The van der Waals surface area contributed by atoms with Crippen LogP contribution in [0.2, 0.25) is 0 Å². The number of aliphatic hydroxyl groups is 2. The first kappa shape index (κ1) is 23.5. The van der Waals surface area contributed by atoms with E-state index < -0.39 is 11.7 Å². The second kappa shape index (κ2) is 10.5. The summed E-state index contributed by atoms with van der Waals surface area (Å²) in [4.78, 5) is 12.5. The number of rotatable bonds is 8. The summed E-state index contributed by atoms with van der Waals surface area (Å²) < 4.78 is 13.1. The van der Waals surface area contributed by atoms with Crippen molar-refractivity contribution in [3.05, 3.63) is 36.2 Å². The first-order valence-electron chi connectivity index (χ1n) is 11.6. The Morgan fingerprint density at radius 3 is 2.85 bits per heavy atom. The molecule has 0 bridgehead atoms. The van der Waals surface area contributed by atoms with Gasteiger partial charge in [0.25, 0.3) is 0 Å². The second-order valence-electron chi connectivity index (χ2n) is 8.86. The molecule has 2 fully saturated rings. The first-order valence-corrected chi connectivity index (χ1v) is 11.6. The number of methoxy groups -OCH3 is 1. The molecular weight excluding hydrogens is 426 g/mol. The largest absolute Gasteiger partial charge is 0.495 e. The smallest absolute Gasteiger partial charge is 0.319 e. The Morgan fingerprint density at radius 1 is 1.30 bits per heavy atom. The fraction of sp³-hybridized carbons (Fsp3) is 0.609. The van der Waals surface area contributed by atoms with Gasteiger partial charge in [-0.3, -0.25) is 4.68 Å². The van der Waals surface area contributed by atoms with Gasteiger partial charge >= 0.3 is 6.03 Å². The van der Waals surface area contributed by atoms with E-state index in [1.165, 1.54) is 0 Å². The molecule has 1 aliphatic heterocycles. The number of urea groups is 1. The van der Waals surface area contributed by atoms with E-state index in [9.17, 15) is 15.0 Å². The molecule has 1 saturated heterocycles. The Balaban J connectivity index is 1.26. The molecule has 4 N–H and O–H groups in total. The van der Waals surface area contributed by atoms with Crippen molar-refractivity contribution in [2.24, 2.45) is 0 Å². The zero-order chi connectivity index (χ0) is 23.3. The Bertz CT molecular complexity index is 929. The summed E-state index contributed by atoms with van der Waals surface area (Å²) in [6, 6.07) is 6.51. The second-order valence-corrected chi connectivity index (χ2v) is 8.86. The third-order valence-corrected chi connectivity index (χ3v) is 6.59. The van der Waals surface area contributed by atoms with E-state index in [4.69, 9.17) is 9.47 Å². The van der Waals surface area contributed by atoms with Gasteiger partial charge < -0.3 is 30.3 Å². The van der Waals surface area contributed by atoms with Gasteiger partial charge in [-0.1, -0.05) is 30.2 Å². The Labute approximate surface area is 193 Å². The third-order valence-electron chi connectivity index (χ3n) is 6.59. The number of carbonyl (C=O) groups excluding carboxylic acids is 1. The van der Waals surface area contributed by atoms with Crippen LogP contribution >= 0.6 is 0 Å². The van der Waals surface area contributed by atoms with Crippen LogP contribution in [0.25, 0.3) is 0 Å². The number of aliphatic hydroxyl groups excluding tert-OH is 1. The molecule has 2 amide bonds. The van der Waals surface area contributed by atoms with Gasteiger partial charge in [-0.15, -0.1) is 5.10 Å². The molecule has 10 heteroatoms. The monoisotopic (exact) mass is 459 g/mol. The number of benzene rings is 1. The fourth-order valence-corrected chi connectivity index (χ4v) is 4.70. The van der Waals surface area contributed by atoms with Crippen LogP contribution in [0.5, 0.6) is 5.75 Å². The lowest BCUT2D eigenvalue weighted by atomic mass is 9.97. The van der Waals surface area contributed by atoms with Crippen LogP contribution in [0, 0.1) is 0 Å². The normalized spacial score (nSPS) is 24.4. The number of hydrogen-bond acceptors (Lipinski definition) is 7. The summed E-state index contributed by atoms with van der Waals surface area (Å²) in [5.41, 5.74) is 0.371. The van der Waals surface area contributed by atoms with Gasteiger partial charge in [0.1, 0.15) is 23.1 Å². The standard InChI is InChI=1S/C23H33N5O5/c1-32-19-7-3-2-6-17(19)24-22(30)25-18-9-8-16(33-20(18)15-29)10-13-28-14-21(26-27-28)23(31)11-4-5-12-23/h2-3,6-7,14,16,18,20,29,31H,4-5,8-13,15H2,1H3,(H2,24,25,30)/t16-,18+,20+/m0/s1. The van der Waals surface area contributed by atoms with Gasteiger partial charge in [-0.25, -0.2) is 4.79 Å². The van der Waals surface area contributed by atoms with Crippen LogP contribution in [0.1, 0.15) is 50.6 Å². The lowest BCUT2D eigenvalue weighted by Gasteiger charge is -2.36. The lowest BCUT2D eigenvalue weighted by molar-refractivity contribution is -0.0905.